The average molecular weight is 456 g/mol. The predicted molar refractivity (Wildman–Crippen MR) is 128 cm³/mol. The van der Waals surface area contributed by atoms with Crippen molar-refractivity contribution in [2.45, 2.75) is 46.1 Å². The summed E-state index contributed by atoms with van der Waals surface area (Å²) in [6, 6.07) is 16.1. The minimum Gasteiger partial charge on any atom is -0.335 e. The smallest absolute Gasteiger partial charge is 0.267 e. The molecule has 0 saturated heterocycles. The van der Waals surface area contributed by atoms with Crippen LogP contribution in [0.25, 0.3) is 33.6 Å². The number of nitrogens with zero attached hydrogens (tertiary/aromatic N) is 6. The van der Waals surface area contributed by atoms with Gasteiger partial charge in [-0.25, -0.2) is 0 Å². The average Bonchev–Trinajstić information content (AvgIpc) is 3.53. The Bertz CT molecular complexity index is 1480. The maximum absolute atomic E-state index is 13.5. The van der Waals surface area contributed by atoms with Crippen molar-refractivity contribution in [1.29, 1.82) is 0 Å². The molecule has 2 aromatic carbocycles. The number of hydrogen-bond acceptors (Lipinski definition) is 7. The summed E-state index contributed by atoms with van der Waals surface area (Å²) < 4.78 is 7.15. The summed E-state index contributed by atoms with van der Waals surface area (Å²) >= 11 is 0. The maximum atomic E-state index is 13.5. The molecule has 9 nitrogen and oxygen atoms in total. The highest BCUT2D eigenvalue weighted by Crippen LogP contribution is 2.30. The van der Waals surface area contributed by atoms with Crippen molar-refractivity contribution in [1.82, 2.24) is 35.3 Å². The van der Waals surface area contributed by atoms with E-state index in [9.17, 15) is 4.79 Å². The third kappa shape index (κ3) is 3.89. The summed E-state index contributed by atoms with van der Waals surface area (Å²) in [6.45, 7) is 6.47. The van der Waals surface area contributed by atoms with Crippen LogP contribution in [0.2, 0.25) is 0 Å². The number of nitrogens with one attached hydrogen (secondary N) is 1. The monoisotopic (exact) mass is 455 g/mol. The molecular formula is C25H25N7O2. The van der Waals surface area contributed by atoms with Gasteiger partial charge in [0.1, 0.15) is 16.9 Å². The highest BCUT2D eigenvalue weighted by Gasteiger charge is 2.20. The van der Waals surface area contributed by atoms with Crippen molar-refractivity contribution in [3.05, 3.63) is 76.0 Å². The molecule has 0 radical (unpaired) electrons. The zero-order valence-electron chi connectivity index (χ0n) is 19.3. The number of benzene rings is 2. The lowest BCUT2D eigenvalue weighted by Gasteiger charge is -2.13. The van der Waals surface area contributed by atoms with Crippen LogP contribution in [0.15, 0.2) is 57.8 Å². The number of aromatic amines is 1. The summed E-state index contributed by atoms with van der Waals surface area (Å²) in [5.41, 5.74) is 4.80. The van der Waals surface area contributed by atoms with Crippen molar-refractivity contribution in [3.63, 3.8) is 0 Å². The molecule has 0 fully saturated rings. The third-order valence-corrected chi connectivity index (χ3v) is 5.84. The molecule has 5 aromatic rings. The van der Waals surface area contributed by atoms with E-state index in [1.54, 1.807) is 4.57 Å². The van der Waals surface area contributed by atoms with Crippen LogP contribution >= 0.6 is 0 Å². The van der Waals surface area contributed by atoms with Gasteiger partial charge in [0.05, 0.1) is 6.54 Å². The largest absolute Gasteiger partial charge is 0.335 e. The molecule has 0 bridgehead atoms. The Kier molecular flexibility index (Phi) is 5.75. The van der Waals surface area contributed by atoms with Crippen LogP contribution in [0.4, 0.5) is 0 Å². The number of tetrazole rings is 1. The van der Waals surface area contributed by atoms with E-state index in [1.165, 1.54) is 0 Å². The Balaban J connectivity index is 1.52. The molecule has 0 amide bonds. The Labute approximate surface area is 195 Å². The second kappa shape index (κ2) is 9.01. The van der Waals surface area contributed by atoms with Crippen LogP contribution in [0.5, 0.6) is 0 Å². The van der Waals surface area contributed by atoms with E-state index in [0.29, 0.717) is 41.4 Å². The fraction of sp³-hybridized carbons (Fsp3) is 0.280. The highest BCUT2D eigenvalue weighted by molar-refractivity contribution is 5.80. The molecule has 34 heavy (non-hydrogen) atoms. The highest BCUT2D eigenvalue weighted by atomic mass is 16.5. The van der Waals surface area contributed by atoms with Crippen molar-refractivity contribution < 1.29 is 4.52 Å². The molecule has 3 aromatic heterocycles. The summed E-state index contributed by atoms with van der Waals surface area (Å²) in [5.74, 6) is 1.32. The molecule has 0 unspecified atom stereocenters. The van der Waals surface area contributed by atoms with E-state index in [0.717, 1.165) is 28.7 Å². The second-order valence-electron chi connectivity index (χ2n) is 8.55. The Morgan fingerprint density at radius 1 is 1.06 bits per heavy atom. The quantitative estimate of drug-likeness (QED) is 0.388. The summed E-state index contributed by atoms with van der Waals surface area (Å²) in [4.78, 5) is 18.1. The zero-order chi connectivity index (χ0) is 23.7. The van der Waals surface area contributed by atoms with Crippen LogP contribution in [0.1, 0.15) is 50.2 Å². The predicted octanol–water partition coefficient (Wildman–Crippen LogP) is 4.36. The van der Waals surface area contributed by atoms with Crippen LogP contribution in [-0.2, 0) is 13.0 Å². The van der Waals surface area contributed by atoms with Gasteiger partial charge in [-0.3, -0.25) is 9.36 Å². The van der Waals surface area contributed by atoms with Gasteiger partial charge in [-0.05, 0) is 34.2 Å². The molecule has 0 atom stereocenters. The minimum atomic E-state index is -0.107. The van der Waals surface area contributed by atoms with E-state index in [-0.39, 0.29) is 11.5 Å². The first kappa shape index (κ1) is 21.7. The van der Waals surface area contributed by atoms with Crippen molar-refractivity contribution in [2.75, 3.05) is 0 Å². The maximum Gasteiger partial charge on any atom is 0.267 e. The van der Waals surface area contributed by atoms with Crippen LogP contribution in [0, 0.1) is 0 Å². The van der Waals surface area contributed by atoms with Gasteiger partial charge in [-0.1, -0.05) is 74.5 Å². The first-order chi connectivity index (χ1) is 16.6. The molecule has 0 spiro atoms. The molecule has 0 aliphatic rings. The zero-order valence-corrected chi connectivity index (χ0v) is 19.3. The van der Waals surface area contributed by atoms with Crippen LogP contribution in [0.3, 0.4) is 0 Å². The normalized spacial score (nSPS) is 11.5. The summed E-state index contributed by atoms with van der Waals surface area (Å²) in [7, 11) is 0. The number of rotatable bonds is 7. The van der Waals surface area contributed by atoms with E-state index in [4.69, 9.17) is 4.52 Å². The topological polar surface area (TPSA) is 115 Å². The summed E-state index contributed by atoms with van der Waals surface area (Å²) in [6.07, 6.45) is 1.55. The molecule has 9 heteroatoms. The number of aryl methyl sites for hydroxylation is 1. The first-order valence-electron chi connectivity index (χ1n) is 11.4. The molecule has 0 aliphatic heterocycles. The fourth-order valence-electron chi connectivity index (χ4n) is 4.15. The second-order valence-corrected chi connectivity index (χ2v) is 8.55. The Hall–Kier alpha value is -4.14. The summed E-state index contributed by atoms with van der Waals surface area (Å²) in [5, 5.41) is 19.0. The van der Waals surface area contributed by atoms with Gasteiger partial charge in [0.15, 0.2) is 0 Å². The Morgan fingerprint density at radius 2 is 1.82 bits per heavy atom. The van der Waals surface area contributed by atoms with Crippen LogP contribution < -0.4 is 5.56 Å². The molecule has 5 rings (SSSR count). The van der Waals surface area contributed by atoms with Gasteiger partial charge in [-0.2, -0.15) is 10.2 Å². The minimum absolute atomic E-state index is 0.0692. The standard InChI is InChI=1S/C25H25N7O2/c1-4-7-20-26-24-21(22(15(2)3)29-34-24)25(33)32(20)14-16-10-12-17(13-11-16)18-8-5-6-9-19(18)23-27-30-31-28-23/h5-6,8-13,15H,4,7,14H2,1-3H3,(H,27,28,30,31). The first-order valence-corrected chi connectivity index (χ1v) is 11.4. The fourth-order valence-corrected chi connectivity index (χ4v) is 4.15. The molecular weight excluding hydrogens is 430 g/mol. The lowest BCUT2D eigenvalue weighted by Crippen LogP contribution is -2.26. The molecule has 3 heterocycles. The van der Waals surface area contributed by atoms with E-state index >= 15 is 0 Å². The third-order valence-electron chi connectivity index (χ3n) is 5.84. The number of fused-ring (bicyclic) bond motifs is 1. The number of hydrogen-bond donors (Lipinski definition) is 1. The van der Waals surface area contributed by atoms with Gasteiger partial charge in [0.25, 0.3) is 11.3 Å². The molecule has 172 valence electrons. The van der Waals surface area contributed by atoms with Crippen molar-refractivity contribution >= 4 is 11.1 Å². The van der Waals surface area contributed by atoms with E-state index in [1.807, 2.05) is 62.4 Å². The van der Waals surface area contributed by atoms with Gasteiger partial charge >= 0.3 is 0 Å². The van der Waals surface area contributed by atoms with Crippen molar-refractivity contribution in [3.8, 4) is 22.5 Å². The lowest BCUT2D eigenvalue weighted by atomic mass is 9.98. The van der Waals surface area contributed by atoms with Gasteiger partial charge in [0, 0.05) is 12.0 Å². The van der Waals surface area contributed by atoms with Crippen molar-refractivity contribution in [2.24, 2.45) is 0 Å². The SMILES string of the molecule is CCCc1nc2onc(C(C)C)c2c(=O)n1Cc1ccc(-c2ccccc2-c2nn[nH]n2)cc1. The van der Waals surface area contributed by atoms with Gasteiger partial charge < -0.3 is 4.52 Å². The molecule has 0 saturated carbocycles. The van der Waals surface area contributed by atoms with Crippen LogP contribution in [-0.4, -0.2) is 35.3 Å². The van der Waals surface area contributed by atoms with Gasteiger partial charge in [0.2, 0.25) is 5.82 Å². The Morgan fingerprint density at radius 3 is 2.50 bits per heavy atom. The lowest BCUT2D eigenvalue weighted by molar-refractivity contribution is 0.432. The molecule has 1 N–H and O–H groups in total. The van der Waals surface area contributed by atoms with E-state index in [2.05, 4.69) is 37.7 Å². The molecule has 0 aliphatic carbocycles. The van der Waals surface area contributed by atoms with Gasteiger partial charge in [-0.15, -0.1) is 10.2 Å². The van der Waals surface area contributed by atoms with E-state index < -0.39 is 0 Å². The number of aromatic nitrogens is 7. The number of H-pyrrole nitrogens is 1.